The van der Waals surface area contributed by atoms with E-state index in [0.717, 1.165) is 39.4 Å². The smallest absolute Gasteiger partial charge is 0.184 e. The first-order chi connectivity index (χ1) is 13.7. The van der Waals surface area contributed by atoms with Crippen molar-refractivity contribution >= 4 is 11.2 Å². The molecule has 0 amide bonds. The first kappa shape index (κ1) is 16.8. The molecule has 5 rings (SSSR count). The van der Waals surface area contributed by atoms with Crippen molar-refractivity contribution in [2.45, 2.75) is 12.8 Å². The second-order valence-electron chi connectivity index (χ2n) is 6.83. The zero-order valence-corrected chi connectivity index (χ0v) is 15.7. The van der Waals surface area contributed by atoms with Gasteiger partial charge in [-0.2, -0.15) is 5.10 Å². The number of nitrogens with zero attached hydrogens (tertiary/aromatic N) is 5. The highest BCUT2D eigenvalue weighted by atomic mass is 16.6. The molecule has 1 aliphatic rings. The summed E-state index contributed by atoms with van der Waals surface area (Å²) in [6.07, 6.45) is 7.35. The molecule has 0 aliphatic carbocycles. The Morgan fingerprint density at radius 1 is 1.14 bits per heavy atom. The predicted octanol–water partition coefficient (Wildman–Crippen LogP) is 2.20. The molecule has 1 aliphatic heterocycles. The summed E-state index contributed by atoms with van der Waals surface area (Å²) in [4.78, 5) is 9.16. The molecule has 1 aromatic carbocycles. The minimum absolute atomic E-state index is 0.117. The molecule has 1 atom stereocenters. The second-order valence-corrected chi connectivity index (χ2v) is 6.83. The van der Waals surface area contributed by atoms with Gasteiger partial charge < -0.3 is 14.0 Å². The minimum atomic E-state index is -0.117. The summed E-state index contributed by atoms with van der Waals surface area (Å²) in [7, 11) is 3.75. The molecular weight excluding hydrogens is 356 g/mol. The Balaban J connectivity index is 1.41. The van der Waals surface area contributed by atoms with E-state index in [1.165, 1.54) is 0 Å². The molecule has 8 nitrogen and oxygen atoms in total. The molecule has 4 heterocycles. The molecule has 0 radical (unpaired) electrons. The molecule has 0 saturated carbocycles. The molecule has 3 aromatic heterocycles. The van der Waals surface area contributed by atoms with Crippen LogP contribution in [0, 0.1) is 0 Å². The van der Waals surface area contributed by atoms with E-state index in [0.29, 0.717) is 13.2 Å². The Bertz CT molecular complexity index is 1150. The first-order valence-electron chi connectivity index (χ1n) is 9.09. The molecule has 1 N–H and O–H groups in total. The van der Waals surface area contributed by atoms with Gasteiger partial charge in [-0.15, -0.1) is 0 Å². The maximum absolute atomic E-state index is 5.82. The van der Waals surface area contributed by atoms with Crippen LogP contribution in [-0.2, 0) is 13.6 Å². The van der Waals surface area contributed by atoms with Gasteiger partial charge >= 0.3 is 0 Å². The number of hydrogen-bond donors (Lipinski definition) is 1. The number of likely N-dealkylation sites (N-methyl/N-ethyl adjacent to an activating group) is 1. The SMILES string of the molecule is CNC1COc2cc(Cn3cnc4cc(-c5cnn(C)c5)cnc43)ccc2O1. The van der Waals surface area contributed by atoms with Crippen molar-refractivity contribution in [3.8, 4) is 22.6 Å². The lowest BCUT2D eigenvalue weighted by atomic mass is 10.1. The van der Waals surface area contributed by atoms with Crippen LogP contribution in [-0.4, -0.2) is 44.2 Å². The van der Waals surface area contributed by atoms with Crippen LogP contribution in [0.3, 0.4) is 0 Å². The van der Waals surface area contributed by atoms with Gasteiger partial charge in [-0.3, -0.25) is 10.00 Å². The number of rotatable bonds is 4. The summed E-state index contributed by atoms with van der Waals surface area (Å²) in [6.45, 7) is 1.14. The van der Waals surface area contributed by atoms with Crippen molar-refractivity contribution in [1.29, 1.82) is 0 Å². The highest BCUT2D eigenvalue weighted by molar-refractivity contribution is 5.77. The number of nitrogens with one attached hydrogen (secondary N) is 1. The highest BCUT2D eigenvalue weighted by Gasteiger charge is 2.19. The Kier molecular flexibility index (Phi) is 3.98. The van der Waals surface area contributed by atoms with Crippen molar-refractivity contribution in [1.82, 2.24) is 29.6 Å². The molecule has 4 aromatic rings. The van der Waals surface area contributed by atoms with Gasteiger partial charge in [0.05, 0.1) is 19.1 Å². The minimum Gasteiger partial charge on any atom is -0.484 e. The van der Waals surface area contributed by atoms with Crippen molar-refractivity contribution in [3.05, 3.63) is 54.7 Å². The average Bonchev–Trinajstić information content (AvgIpc) is 3.33. The summed E-state index contributed by atoms with van der Waals surface area (Å²) in [6, 6.07) is 8.03. The molecule has 0 fully saturated rings. The monoisotopic (exact) mass is 376 g/mol. The van der Waals surface area contributed by atoms with Gasteiger partial charge in [-0.05, 0) is 30.8 Å². The van der Waals surface area contributed by atoms with Crippen LogP contribution in [0.4, 0.5) is 0 Å². The largest absolute Gasteiger partial charge is 0.484 e. The Hall–Kier alpha value is -3.39. The molecule has 0 saturated heterocycles. The fourth-order valence-electron chi connectivity index (χ4n) is 3.35. The number of aromatic nitrogens is 5. The Morgan fingerprint density at radius 3 is 2.89 bits per heavy atom. The van der Waals surface area contributed by atoms with Crippen LogP contribution in [0.1, 0.15) is 5.56 Å². The lowest BCUT2D eigenvalue weighted by Crippen LogP contribution is -2.39. The Morgan fingerprint density at radius 2 is 2.07 bits per heavy atom. The molecule has 0 bridgehead atoms. The molecule has 0 spiro atoms. The summed E-state index contributed by atoms with van der Waals surface area (Å²) in [5.41, 5.74) is 4.83. The van der Waals surface area contributed by atoms with Gasteiger partial charge in [0, 0.05) is 30.6 Å². The maximum atomic E-state index is 5.82. The van der Waals surface area contributed by atoms with Gasteiger partial charge in [-0.1, -0.05) is 6.07 Å². The fraction of sp³-hybridized carbons (Fsp3) is 0.250. The maximum Gasteiger partial charge on any atom is 0.184 e. The number of benzene rings is 1. The van der Waals surface area contributed by atoms with Crippen LogP contribution in [0.5, 0.6) is 11.5 Å². The number of hydrogen-bond acceptors (Lipinski definition) is 6. The first-order valence-corrected chi connectivity index (χ1v) is 9.09. The predicted molar refractivity (Wildman–Crippen MR) is 104 cm³/mol. The topological polar surface area (TPSA) is 79.0 Å². The van der Waals surface area contributed by atoms with E-state index >= 15 is 0 Å². The van der Waals surface area contributed by atoms with E-state index in [1.54, 1.807) is 4.68 Å². The van der Waals surface area contributed by atoms with Gasteiger partial charge in [0.2, 0.25) is 0 Å². The van der Waals surface area contributed by atoms with Crippen molar-refractivity contribution < 1.29 is 9.47 Å². The number of pyridine rings is 1. The van der Waals surface area contributed by atoms with Crippen LogP contribution in [0.15, 0.2) is 49.2 Å². The van der Waals surface area contributed by atoms with Gasteiger partial charge in [0.25, 0.3) is 0 Å². The van der Waals surface area contributed by atoms with E-state index in [1.807, 2.05) is 67.8 Å². The third kappa shape index (κ3) is 2.97. The molecule has 28 heavy (non-hydrogen) atoms. The number of fused-ring (bicyclic) bond motifs is 2. The van der Waals surface area contributed by atoms with Gasteiger partial charge in [-0.25, -0.2) is 9.97 Å². The summed E-state index contributed by atoms with van der Waals surface area (Å²) < 4.78 is 15.4. The molecule has 142 valence electrons. The zero-order valence-electron chi connectivity index (χ0n) is 15.7. The van der Waals surface area contributed by atoms with Crippen molar-refractivity contribution in [3.63, 3.8) is 0 Å². The number of imidazole rings is 1. The highest BCUT2D eigenvalue weighted by Crippen LogP contribution is 2.32. The lowest BCUT2D eigenvalue weighted by molar-refractivity contribution is 0.0725. The van der Waals surface area contributed by atoms with Crippen LogP contribution >= 0.6 is 0 Å². The van der Waals surface area contributed by atoms with E-state index in [4.69, 9.17) is 9.47 Å². The Labute approximate surface area is 161 Å². The van der Waals surface area contributed by atoms with Gasteiger partial charge in [0.15, 0.2) is 23.4 Å². The third-order valence-corrected chi connectivity index (χ3v) is 4.84. The summed E-state index contributed by atoms with van der Waals surface area (Å²) in [5, 5.41) is 7.28. The zero-order chi connectivity index (χ0) is 19.1. The third-order valence-electron chi connectivity index (χ3n) is 4.84. The van der Waals surface area contributed by atoms with Crippen LogP contribution in [0.25, 0.3) is 22.3 Å². The average molecular weight is 376 g/mol. The molecule has 8 heteroatoms. The van der Waals surface area contributed by atoms with Crippen molar-refractivity contribution in [2.75, 3.05) is 13.7 Å². The normalized spacial score (nSPS) is 15.9. The molecule has 1 unspecified atom stereocenters. The second kappa shape index (κ2) is 6.65. The van der Waals surface area contributed by atoms with E-state index < -0.39 is 0 Å². The summed E-state index contributed by atoms with van der Waals surface area (Å²) >= 11 is 0. The number of ether oxygens (including phenoxy) is 2. The quantitative estimate of drug-likeness (QED) is 0.588. The summed E-state index contributed by atoms with van der Waals surface area (Å²) in [5.74, 6) is 1.52. The molecular formula is C20H20N6O2. The fourth-order valence-corrected chi connectivity index (χ4v) is 3.35. The number of aryl methyl sites for hydroxylation is 1. The van der Waals surface area contributed by atoms with E-state index in [9.17, 15) is 0 Å². The van der Waals surface area contributed by atoms with E-state index in [2.05, 4.69) is 20.4 Å². The van der Waals surface area contributed by atoms with Gasteiger partial charge in [0.1, 0.15) is 12.1 Å². The van der Waals surface area contributed by atoms with Crippen molar-refractivity contribution in [2.24, 2.45) is 7.05 Å². The van der Waals surface area contributed by atoms with Crippen LogP contribution in [0.2, 0.25) is 0 Å². The van der Waals surface area contributed by atoms with E-state index in [-0.39, 0.29) is 6.23 Å². The standard InChI is InChI=1S/C20H20N6O2/c1-21-19-11-27-18-5-13(3-4-17(18)28-19)9-26-12-23-16-6-14(7-22-20(16)26)15-8-24-25(2)10-15/h3-8,10,12,19,21H,9,11H2,1-2H3. The van der Waals surface area contributed by atoms with Crippen LogP contribution < -0.4 is 14.8 Å². The lowest BCUT2D eigenvalue weighted by Gasteiger charge is -2.26.